The Hall–Kier alpha value is -0.610. The maximum absolute atomic E-state index is 12.2. The molecule has 0 aromatic heterocycles. The van der Waals surface area contributed by atoms with Gasteiger partial charge in [0.1, 0.15) is 0 Å². The van der Waals surface area contributed by atoms with Gasteiger partial charge in [-0.1, -0.05) is 27.7 Å². The first-order valence-electron chi connectivity index (χ1n) is 7.72. The van der Waals surface area contributed by atoms with E-state index in [4.69, 9.17) is 5.73 Å². The minimum atomic E-state index is -0.339. The molecule has 1 atom stereocenters. The van der Waals surface area contributed by atoms with Crippen molar-refractivity contribution in [3.63, 3.8) is 0 Å². The second-order valence-electron chi connectivity index (χ2n) is 5.53. The molecule has 0 aliphatic rings. The van der Waals surface area contributed by atoms with Gasteiger partial charge in [-0.15, -0.1) is 0 Å². The predicted molar refractivity (Wildman–Crippen MR) is 82.1 cm³/mol. The van der Waals surface area contributed by atoms with Gasteiger partial charge in [-0.2, -0.15) is 0 Å². The Balaban J connectivity index is 4.15. The highest BCUT2D eigenvalue weighted by Gasteiger charge is 2.20. The lowest BCUT2D eigenvalue weighted by molar-refractivity contribution is -0.132. The zero-order valence-corrected chi connectivity index (χ0v) is 13.5. The van der Waals surface area contributed by atoms with Gasteiger partial charge < -0.3 is 15.5 Å². The minimum Gasteiger partial charge on any atom is -0.342 e. The minimum absolute atomic E-state index is 0.107. The van der Waals surface area contributed by atoms with Crippen molar-refractivity contribution in [1.82, 2.24) is 9.80 Å². The van der Waals surface area contributed by atoms with Gasteiger partial charge in [0.25, 0.3) is 0 Å². The fraction of sp³-hybridized carbons (Fsp3) is 0.933. The summed E-state index contributed by atoms with van der Waals surface area (Å²) >= 11 is 0. The lowest BCUT2D eigenvalue weighted by Crippen LogP contribution is -2.45. The number of likely N-dealkylation sites (N-methyl/N-ethyl adjacent to an activating group) is 1. The average Bonchev–Trinajstić information content (AvgIpc) is 2.37. The number of hydrogen-bond donors (Lipinski definition) is 1. The molecule has 2 N–H and O–H groups in total. The Morgan fingerprint density at radius 2 is 1.63 bits per heavy atom. The summed E-state index contributed by atoms with van der Waals surface area (Å²) in [5.74, 6) is 0.573. The molecule has 0 unspecified atom stereocenters. The monoisotopic (exact) mass is 271 g/mol. The molecule has 1 amide bonds. The Kier molecular flexibility index (Phi) is 9.88. The van der Waals surface area contributed by atoms with Crippen molar-refractivity contribution >= 4 is 5.91 Å². The second kappa shape index (κ2) is 10.2. The molecule has 0 spiro atoms. The normalized spacial score (nSPS) is 13.1. The second-order valence-corrected chi connectivity index (χ2v) is 5.53. The van der Waals surface area contributed by atoms with E-state index in [1.54, 1.807) is 0 Å². The van der Waals surface area contributed by atoms with E-state index in [9.17, 15) is 4.79 Å². The molecule has 0 saturated heterocycles. The molecule has 0 saturated carbocycles. The van der Waals surface area contributed by atoms with Crippen LogP contribution in [0.25, 0.3) is 0 Å². The maximum Gasteiger partial charge on any atom is 0.239 e. The summed E-state index contributed by atoms with van der Waals surface area (Å²) in [4.78, 5) is 16.5. The van der Waals surface area contributed by atoms with Crippen LogP contribution in [0.15, 0.2) is 0 Å². The molecule has 19 heavy (non-hydrogen) atoms. The van der Waals surface area contributed by atoms with Crippen LogP contribution in [0.2, 0.25) is 0 Å². The molecule has 0 radical (unpaired) electrons. The highest BCUT2D eigenvalue weighted by Crippen LogP contribution is 2.06. The molecule has 0 bridgehead atoms. The van der Waals surface area contributed by atoms with E-state index in [1.807, 2.05) is 11.8 Å². The number of carbonyl (C=O) groups is 1. The van der Waals surface area contributed by atoms with E-state index >= 15 is 0 Å². The molecular formula is C15H33N3O. The Morgan fingerprint density at radius 1 is 1.05 bits per heavy atom. The number of nitrogens with two attached hydrogens (primary N) is 1. The van der Waals surface area contributed by atoms with E-state index in [0.717, 1.165) is 45.6 Å². The van der Waals surface area contributed by atoms with Crippen LogP contribution in [-0.2, 0) is 4.79 Å². The van der Waals surface area contributed by atoms with Gasteiger partial charge in [-0.05, 0) is 45.3 Å². The van der Waals surface area contributed by atoms with Gasteiger partial charge in [0.2, 0.25) is 5.91 Å². The molecule has 0 aliphatic heterocycles. The zero-order chi connectivity index (χ0) is 14.8. The topological polar surface area (TPSA) is 49.6 Å². The Labute approximate surface area is 119 Å². The summed E-state index contributed by atoms with van der Waals surface area (Å²) in [6.07, 6.45) is 1.79. The summed E-state index contributed by atoms with van der Waals surface area (Å²) in [6, 6.07) is -0.339. The highest BCUT2D eigenvalue weighted by atomic mass is 16.2. The molecule has 0 aromatic carbocycles. The molecule has 0 aliphatic carbocycles. The molecule has 0 aromatic rings. The summed E-state index contributed by atoms with van der Waals surface area (Å²) in [5.41, 5.74) is 5.98. The smallest absolute Gasteiger partial charge is 0.239 e. The van der Waals surface area contributed by atoms with Crippen molar-refractivity contribution in [3.8, 4) is 0 Å². The first-order chi connectivity index (χ1) is 8.96. The largest absolute Gasteiger partial charge is 0.342 e. The molecule has 4 heteroatoms. The van der Waals surface area contributed by atoms with E-state index < -0.39 is 0 Å². The average molecular weight is 271 g/mol. The van der Waals surface area contributed by atoms with E-state index in [2.05, 4.69) is 32.6 Å². The van der Waals surface area contributed by atoms with Crippen LogP contribution in [0.3, 0.4) is 0 Å². The van der Waals surface area contributed by atoms with Crippen LogP contribution >= 0.6 is 0 Å². The number of nitrogens with zero attached hydrogens (tertiary/aromatic N) is 2. The van der Waals surface area contributed by atoms with Crippen molar-refractivity contribution in [2.45, 2.75) is 53.5 Å². The van der Waals surface area contributed by atoms with Gasteiger partial charge >= 0.3 is 0 Å². The Bertz CT molecular complexity index is 240. The summed E-state index contributed by atoms with van der Waals surface area (Å²) in [5, 5.41) is 0. The number of hydrogen-bond acceptors (Lipinski definition) is 3. The van der Waals surface area contributed by atoms with E-state index in [1.165, 1.54) is 0 Å². The van der Waals surface area contributed by atoms with Gasteiger partial charge in [0.05, 0.1) is 6.04 Å². The highest BCUT2D eigenvalue weighted by molar-refractivity contribution is 5.81. The van der Waals surface area contributed by atoms with Crippen LogP contribution in [0.4, 0.5) is 0 Å². The Morgan fingerprint density at radius 3 is 2.05 bits per heavy atom. The van der Waals surface area contributed by atoms with Crippen molar-refractivity contribution in [3.05, 3.63) is 0 Å². The van der Waals surface area contributed by atoms with Crippen molar-refractivity contribution in [2.75, 3.05) is 32.7 Å². The van der Waals surface area contributed by atoms with Crippen molar-refractivity contribution in [2.24, 2.45) is 11.7 Å². The summed E-state index contributed by atoms with van der Waals surface area (Å²) in [7, 11) is 0. The van der Waals surface area contributed by atoms with Crippen molar-refractivity contribution < 1.29 is 4.79 Å². The van der Waals surface area contributed by atoms with Crippen LogP contribution < -0.4 is 5.73 Å². The van der Waals surface area contributed by atoms with Gasteiger partial charge in [0.15, 0.2) is 0 Å². The molecule has 4 nitrogen and oxygen atoms in total. The third-order valence-corrected chi connectivity index (χ3v) is 3.53. The zero-order valence-electron chi connectivity index (χ0n) is 13.5. The maximum atomic E-state index is 12.2. The summed E-state index contributed by atoms with van der Waals surface area (Å²) in [6.45, 7) is 15.3. The van der Waals surface area contributed by atoms with E-state index in [-0.39, 0.29) is 11.9 Å². The first kappa shape index (κ1) is 18.4. The number of carbonyl (C=O) groups excluding carboxylic acids is 1. The molecular weight excluding hydrogens is 238 g/mol. The molecule has 114 valence electrons. The SMILES string of the molecule is CCN(CC)CCCN(CC)C(=O)[C@@H](N)CC(C)C. The van der Waals surface area contributed by atoms with Crippen LogP contribution in [0, 0.1) is 5.92 Å². The standard InChI is InChI=1S/C15H33N3O/c1-6-17(7-2)10-9-11-18(8-3)15(19)14(16)12-13(4)5/h13-14H,6-12,16H2,1-5H3/t14-/m0/s1. The molecule has 0 rings (SSSR count). The van der Waals surface area contributed by atoms with Crippen LogP contribution in [0.5, 0.6) is 0 Å². The fourth-order valence-corrected chi connectivity index (χ4v) is 2.29. The lowest BCUT2D eigenvalue weighted by atomic mass is 10.0. The third kappa shape index (κ3) is 7.53. The van der Waals surface area contributed by atoms with Crippen LogP contribution in [0.1, 0.15) is 47.5 Å². The third-order valence-electron chi connectivity index (χ3n) is 3.53. The molecule has 0 heterocycles. The van der Waals surface area contributed by atoms with Crippen LogP contribution in [-0.4, -0.2) is 54.5 Å². The van der Waals surface area contributed by atoms with Gasteiger partial charge in [-0.3, -0.25) is 4.79 Å². The molecule has 0 fully saturated rings. The first-order valence-corrected chi connectivity index (χ1v) is 7.72. The quantitative estimate of drug-likeness (QED) is 0.660. The fourth-order valence-electron chi connectivity index (χ4n) is 2.29. The van der Waals surface area contributed by atoms with E-state index in [0.29, 0.717) is 5.92 Å². The number of rotatable bonds is 10. The summed E-state index contributed by atoms with van der Waals surface area (Å²) < 4.78 is 0. The predicted octanol–water partition coefficient (Wildman–Crippen LogP) is 1.94. The van der Waals surface area contributed by atoms with Gasteiger partial charge in [0, 0.05) is 13.1 Å². The number of amides is 1. The lowest BCUT2D eigenvalue weighted by Gasteiger charge is -2.26. The van der Waals surface area contributed by atoms with Crippen molar-refractivity contribution in [1.29, 1.82) is 0 Å². The van der Waals surface area contributed by atoms with Gasteiger partial charge in [-0.25, -0.2) is 0 Å².